The number of hydrogen-bond donors (Lipinski definition) is 0. The zero-order valence-corrected chi connectivity index (χ0v) is 13.9. The Kier molecular flexibility index (Phi) is 4.80. The highest BCUT2D eigenvalue weighted by molar-refractivity contribution is 5.89. The van der Waals surface area contributed by atoms with Gasteiger partial charge >= 0.3 is 5.97 Å². The molecule has 24 heavy (non-hydrogen) atoms. The van der Waals surface area contributed by atoms with E-state index >= 15 is 0 Å². The second-order valence-electron chi connectivity index (χ2n) is 5.73. The van der Waals surface area contributed by atoms with Crippen LogP contribution in [0.15, 0.2) is 65.1 Å². The highest BCUT2D eigenvalue weighted by Crippen LogP contribution is 2.24. The Labute approximate surface area is 141 Å². The minimum absolute atomic E-state index is 0.288. The number of furan rings is 1. The lowest BCUT2D eigenvalue weighted by molar-refractivity contribution is 0.0526. The van der Waals surface area contributed by atoms with Crippen LogP contribution in [0.2, 0.25) is 0 Å². The van der Waals surface area contributed by atoms with Crippen molar-refractivity contribution in [1.82, 2.24) is 0 Å². The van der Waals surface area contributed by atoms with E-state index < -0.39 is 0 Å². The zero-order valence-electron chi connectivity index (χ0n) is 13.9. The van der Waals surface area contributed by atoms with E-state index in [2.05, 4.69) is 19.1 Å². The van der Waals surface area contributed by atoms with E-state index in [-0.39, 0.29) is 5.97 Å². The van der Waals surface area contributed by atoms with Gasteiger partial charge in [-0.05, 0) is 49.7 Å². The van der Waals surface area contributed by atoms with E-state index in [1.165, 1.54) is 5.56 Å². The molecule has 0 amide bonds. The first-order valence-electron chi connectivity index (χ1n) is 8.07. The summed E-state index contributed by atoms with van der Waals surface area (Å²) in [6, 6.07) is 19.7. The minimum atomic E-state index is -0.288. The lowest BCUT2D eigenvalue weighted by atomic mass is 10.1. The van der Waals surface area contributed by atoms with Gasteiger partial charge in [-0.15, -0.1) is 0 Å². The molecule has 3 rings (SSSR count). The molecule has 0 atom stereocenters. The Hall–Kier alpha value is -2.81. The normalized spacial score (nSPS) is 10.6. The molecule has 3 aromatic rings. The highest BCUT2D eigenvalue weighted by Gasteiger charge is 2.08. The van der Waals surface area contributed by atoms with Crippen molar-refractivity contribution < 1.29 is 13.9 Å². The van der Waals surface area contributed by atoms with E-state index in [1.807, 2.05) is 36.4 Å². The minimum Gasteiger partial charge on any atom is -0.462 e. The number of carbonyl (C=O) groups excluding carboxylic acids is 1. The van der Waals surface area contributed by atoms with E-state index in [4.69, 9.17) is 9.15 Å². The third kappa shape index (κ3) is 3.74. The SMILES string of the molecule is CCOC(=O)c1ccc(Cc2ccc(-c3cccc(C)c3)o2)cc1. The predicted molar refractivity (Wildman–Crippen MR) is 94.1 cm³/mol. The number of carbonyl (C=O) groups is 1. The molecule has 3 heteroatoms. The molecular weight excluding hydrogens is 300 g/mol. The molecule has 0 aliphatic rings. The molecule has 1 aromatic heterocycles. The van der Waals surface area contributed by atoms with Gasteiger partial charge in [0.25, 0.3) is 0 Å². The van der Waals surface area contributed by atoms with Crippen LogP contribution in [-0.4, -0.2) is 12.6 Å². The van der Waals surface area contributed by atoms with Crippen molar-refractivity contribution in [2.45, 2.75) is 20.3 Å². The topological polar surface area (TPSA) is 39.4 Å². The summed E-state index contributed by atoms with van der Waals surface area (Å²) >= 11 is 0. The van der Waals surface area contributed by atoms with Gasteiger partial charge in [0.2, 0.25) is 0 Å². The van der Waals surface area contributed by atoms with Gasteiger partial charge in [0.1, 0.15) is 11.5 Å². The number of aryl methyl sites for hydroxylation is 1. The average Bonchev–Trinajstić information content (AvgIpc) is 3.04. The van der Waals surface area contributed by atoms with Gasteiger partial charge in [-0.25, -0.2) is 4.79 Å². The molecule has 0 fully saturated rings. The van der Waals surface area contributed by atoms with Crippen LogP contribution in [0.3, 0.4) is 0 Å². The zero-order chi connectivity index (χ0) is 16.9. The standard InChI is InChI=1S/C21H20O3/c1-3-23-21(22)17-9-7-16(8-10-17)14-19-11-12-20(24-19)18-6-4-5-15(2)13-18/h4-13H,3,14H2,1-2H3. The van der Waals surface area contributed by atoms with Gasteiger partial charge in [-0.2, -0.15) is 0 Å². The van der Waals surface area contributed by atoms with Crippen molar-refractivity contribution in [1.29, 1.82) is 0 Å². The fourth-order valence-electron chi connectivity index (χ4n) is 2.60. The summed E-state index contributed by atoms with van der Waals surface area (Å²) in [4.78, 5) is 11.7. The van der Waals surface area contributed by atoms with Gasteiger partial charge in [0.05, 0.1) is 12.2 Å². The maximum Gasteiger partial charge on any atom is 0.338 e. The number of rotatable bonds is 5. The van der Waals surface area contributed by atoms with Crippen LogP contribution in [-0.2, 0) is 11.2 Å². The van der Waals surface area contributed by atoms with Gasteiger partial charge in [0, 0.05) is 12.0 Å². The van der Waals surface area contributed by atoms with Crippen molar-refractivity contribution in [3.05, 3.63) is 83.1 Å². The first kappa shape index (κ1) is 16.1. The summed E-state index contributed by atoms with van der Waals surface area (Å²) < 4.78 is 10.9. The maximum absolute atomic E-state index is 11.7. The summed E-state index contributed by atoms with van der Waals surface area (Å²) in [5.41, 5.74) is 3.95. The lowest BCUT2D eigenvalue weighted by Gasteiger charge is -2.03. The number of ether oxygens (including phenoxy) is 1. The molecule has 0 bridgehead atoms. The molecule has 0 spiro atoms. The quantitative estimate of drug-likeness (QED) is 0.619. The van der Waals surface area contributed by atoms with Gasteiger partial charge in [0.15, 0.2) is 0 Å². The summed E-state index contributed by atoms with van der Waals surface area (Å²) in [7, 11) is 0. The molecular formula is C21H20O3. The number of hydrogen-bond acceptors (Lipinski definition) is 3. The summed E-state index contributed by atoms with van der Waals surface area (Å²) in [5.74, 6) is 1.48. The molecule has 0 saturated heterocycles. The molecule has 0 radical (unpaired) electrons. The Morgan fingerprint density at radius 3 is 2.54 bits per heavy atom. The van der Waals surface area contributed by atoms with Crippen LogP contribution in [0.5, 0.6) is 0 Å². The Balaban J connectivity index is 1.72. The molecule has 0 aliphatic carbocycles. The molecule has 122 valence electrons. The largest absolute Gasteiger partial charge is 0.462 e. The monoisotopic (exact) mass is 320 g/mol. The molecule has 1 heterocycles. The van der Waals surface area contributed by atoms with Crippen LogP contribution in [0.1, 0.15) is 34.2 Å². The van der Waals surface area contributed by atoms with E-state index in [9.17, 15) is 4.79 Å². The Morgan fingerprint density at radius 1 is 1.04 bits per heavy atom. The molecule has 2 aromatic carbocycles. The van der Waals surface area contributed by atoms with E-state index in [0.29, 0.717) is 18.6 Å². The fourth-order valence-corrected chi connectivity index (χ4v) is 2.60. The van der Waals surface area contributed by atoms with Crippen LogP contribution < -0.4 is 0 Å². The van der Waals surface area contributed by atoms with Crippen LogP contribution in [0.4, 0.5) is 0 Å². The molecule has 0 N–H and O–H groups in total. The predicted octanol–water partition coefficient (Wildman–Crippen LogP) is 5.02. The van der Waals surface area contributed by atoms with Crippen molar-refractivity contribution in [2.24, 2.45) is 0 Å². The molecule has 0 saturated carbocycles. The second-order valence-corrected chi connectivity index (χ2v) is 5.73. The molecule has 3 nitrogen and oxygen atoms in total. The van der Waals surface area contributed by atoms with Crippen LogP contribution in [0, 0.1) is 6.92 Å². The fraction of sp³-hybridized carbons (Fsp3) is 0.190. The second kappa shape index (κ2) is 7.18. The average molecular weight is 320 g/mol. The van der Waals surface area contributed by atoms with Crippen LogP contribution >= 0.6 is 0 Å². The first-order valence-corrected chi connectivity index (χ1v) is 8.07. The van der Waals surface area contributed by atoms with Crippen molar-refractivity contribution in [2.75, 3.05) is 6.61 Å². The van der Waals surface area contributed by atoms with Crippen LogP contribution in [0.25, 0.3) is 11.3 Å². The Bertz CT molecular complexity index is 828. The van der Waals surface area contributed by atoms with E-state index in [0.717, 1.165) is 22.6 Å². The number of esters is 1. The summed E-state index contributed by atoms with van der Waals surface area (Å²) in [6.07, 6.45) is 0.689. The Morgan fingerprint density at radius 2 is 1.83 bits per heavy atom. The smallest absolute Gasteiger partial charge is 0.338 e. The first-order chi connectivity index (χ1) is 11.7. The van der Waals surface area contributed by atoms with Gasteiger partial charge in [-0.1, -0.05) is 35.9 Å². The van der Waals surface area contributed by atoms with E-state index in [1.54, 1.807) is 19.1 Å². The lowest BCUT2D eigenvalue weighted by Crippen LogP contribution is -2.04. The summed E-state index contributed by atoms with van der Waals surface area (Å²) in [5, 5.41) is 0. The van der Waals surface area contributed by atoms with Gasteiger partial charge < -0.3 is 9.15 Å². The number of benzene rings is 2. The van der Waals surface area contributed by atoms with Crippen molar-refractivity contribution in [3.63, 3.8) is 0 Å². The third-order valence-electron chi connectivity index (χ3n) is 3.81. The summed E-state index contributed by atoms with van der Waals surface area (Å²) in [6.45, 7) is 4.25. The third-order valence-corrected chi connectivity index (χ3v) is 3.81. The molecule has 0 unspecified atom stereocenters. The van der Waals surface area contributed by atoms with Crippen molar-refractivity contribution >= 4 is 5.97 Å². The van der Waals surface area contributed by atoms with Gasteiger partial charge in [-0.3, -0.25) is 0 Å². The highest BCUT2D eigenvalue weighted by atomic mass is 16.5. The maximum atomic E-state index is 11.7. The molecule has 0 aliphatic heterocycles. The van der Waals surface area contributed by atoms with Crippen molar-refractivity contribution in [3.8, 4) is 11.3 Å².